The molecule has 0 atom stereocenters. The molecule has 1 aromatic heterocycles. The maximum atomic E-state index is 13.2. The zero-order valence-corrected chi connectivity index (χ0v) is 21.5. The molecule has 4 rings (SSSR count). The lowest BCUT2D eigenvalue weighted by Gasteiger charge is -2.15. The van der Waals surface area contributed by atoms with E-state index < -0.39 is 23.5 Å². The Labute approximate surface area is 223 Å². The first-order valence-corrected chi connectivity index (χ1v) is 13.0. The van der Waals surface area contributed by atoms with E-state index in [2.05, 4.69) is 17.2 Å². The summed E-state index contributed by atoms with van der Waals surface area (Å²) in [5, 5.41) is 8.61. The molecule has 0 aliphatic carbocycles. The van der Waals surface area contributed by atoms with Gasteiger partial charge < -0.3 is 0 Å². The van der Waals surface area contributed by atoms with Gasteiger partial charge in [0.1, 0.15) is 5.69 Å². The predicted molar refractivity (Wildman–Crippen MR) is 140 cm³/mol. The quantitative estimate of drug-likeness (QED) is 0.147. The summed E-state index contributed by atoms with van der Waals surface area (Å²) in [6.07, 6.45) is -0.450. The molecule has 4 aromatic rings. The summed E-state index contributed by atoms with van der Waals surface area (Å²) in [6.45, 7) is 2.83. The van der Waals surface area contributed by atoms with Gasteiger partial charge >= 0.3 is 12.4 Å². The zero-order chi connectivity index (χ0) is 28.0. The van der Waals surface area contributed by atoms with Crippen LogP contribution in [0.4, 0.5) is 26.3 Å². The first-order chi connectivity index (χ1) is 18.6. The minimum absolute atomic E-state index is 0.492. The number of unbranched alkanes of at least 4 members (excludes halogenated alkanes) is 5. The van der Waals surface area contributed by atoms with Gasteiger partial charge in [-0.2, -0.15) is 26.3 Å². The SMILES string of the molecule is CCCCCCCCn1cc(-c2c(-c3ccc(C(F)(F)F)cc3)cccc2-c2ccc(C(F)(F)F)cc2)nn1. The number of rotatable bonds is 10. The Morgan fingerprint density at radius 3 is 1.62 bits per heavy atom. The Morgan fingerprint density at radius 2 is 1.13 bits per heavy atom. The lowest BCUT2D eigenvalue weighted by atomic mass is 9.89. The highest BCUT2D eigenvalue weighted by Gasteiger charge is 2.31. The van der Waals surface area contributed by atoms with Crippen molar-refractivity contribution in [3.8, 4) is 33.5 Å². The topological polar surface area (TPSA) is 30.7 Å². The van der Waals surface area contributed by atoms with Crippen LogP contribution in [0, 0.1) is 0 Å². The van der Waals surface area contributed by atoms with Gasteiger partial charge in [0, 0.05) is 12.1 Å². The molecule has 0 aliphatic heterocycles. The van der Waals surface area contributed by atoms with Crippen LogP contribution in [0.25, 0.3) is 33.5 Å². The Bertz CT molecular complexity index is 1280. The predicted octanol–water partition coefficient (Wildman–Crippen LogP) is 9.68. The molecule has 0 amide bonds. The molecule has 1 heterocycles. The van der Waals surface area contributed by atoms with E-state index in [0.717, 1.165) is 43.5 Å². The van der Waals surface area contributed by atoms with Gasteiger partial charge in [-0.3, -0.25) is 4.68 Å². The third kappa shape index (κ3) is 7.07. The highest BCUT2D eigenvalue weighted by Crippen LogP contribution is 2.41. The van der Waals surface area contributed by atoms with Crippen molar-refractivity contribution in [1.82, 2.24) is 15.0 Å². The van der Waals surface area contributed by atoms with E-state index >= 15 is 0 Å². The second-order valence-electron chi connectivity index (χ2n) is 9.51. The third-order valence-corrected chi connectivity index (χ3v) is 6.65. The lowest BCUT2D eigenvalue weighted by molar-refractivity contribution is -0.138. The van der Waals surface area contributed by atoms with Gasteiger partial charge in [0.05, 0.1) is 17.3 Å². The Balaban J connectivity index is 1.72. The number of aromatic nitrogens is 3. The van der Waals surface area contributed by atoms with Gasteiger partial charge in [-0.25, -0.2) is 0 Å². The molecule has 0 radical (unpaired) electrons. The van der Waals surface area contributed by atoms with Gasteiger partial charge in [0.25, 0.3) is 0 Å². The Morgan fingerprint density at radius 1 is 0.641 bits per heavy atom. The number of hydrogen-bond acceptors (Lipinski definition) is 2. The average Bonchev–Trinajstić information content (AvgIpc) is 3.38. The van der Waals surface area contributed by atoms with Crippen LogP contribution in [0.2, 0.25) is 0 Å². The smallest absolute Gasteiger partial charge is 0.252 e. The van der Waals surface area contributed by atoms with Crippen molar-refractivity contribution in [2.24, 2.45) is 0 Å². The van der Waals surface area contributed by atoms with Crippen molar-refractivity contribution in [1.29, 1.82) is 0 Å². The van der Waals surface area contributed by atoms with Crippen LogP contribution in [-0.4, -0.2) is 15.0 Å². The second kappa shape index (κ2) is 12.1. The summed E-state index contributed by atoms with van der Waals surface area (Å²) in [5.41, 5.74) is 1.81. The van der Waals surface area contributed by atoms with Gasteiger partial charge in [-0.1, -0.05) is 86.7 Å². The summed E-state index contributed by atoms with van der Waals surface area (Å²) < 4.78 is 80.7. The maximum absolute atomic E-state index is 13.2. The van der Waals surface area contributed by atoms with Crippen LogP contribution in [0.15, 0.2) is 72.9 Å². The van der Waals surface area contributed by atoms with Crippen molar-refractivity contribution in [3.63, 3.8) is 0 Å². The molecule has 39 heavy (non-hydrogen) atoms. The highest BCUT2D eigenvalue weighted by molar-refractivity contribution is 5.93. The molecule has 0 N–H and O–H groups in total. The van der Waals surface area contributed by atoms with E-state index in [1.165, 1.54) is 43.5 Å². The number of benzene rings is 3. The fourth-order valence-corrected chi connectivity index (χ4v) is 4.56. The van der Waals surface area contributed by atoms with Crippen molar-refractivity contribution >= 4 is 0 Å². The first kappa shape index (κ1) is 28.4. The van der Waals surface area contributed by atoms with Crippen molar-refractivity contribution < 1.29 is 26.3 Å². The zero-order valence-electron chi connectivity index (χ0n) is 21.5. The number of nitrogens with zero attached hydrogens (tertiary/aromatic N) is 3. The Hall–Kier alpha value is -3.62. The van der Waals surface area contributed by atoms with Crippen LogP contribution >= 0.6 is 0 Å². The fraction of sp³-hybridized carbons (Fsp3) is 0.333. The normalized spacial score (nSPS) is 12.2. The number of alkyl halides is 6. The molecule has 0 saturated heterocycles. The summed E-state index contributed by atoms with van der Waals surface area (Å²) in [5.74, 6) is 0. The van der Waals surface area contributed by atoms with E-state index in [1.807, 2.05) is 0 Å². The van der Waals surface area contributed by atoms with Crippen LogP contribution in [-0.2, 0) is 18.9 Å². The summed E-state index contributed by atoms with van der Waals surface area (Å²) in [7, 11) is 0. The molecule has 9 heteroatoms. The summed E-state index contributed by atoms with van der Waals surface area (Å²) >= 11 is 0. The average molecular weight is 546 g/mol. The van der Waals surface area contributed by atoms with Crippen LogP contribution in [0.1, 0.15) is 56.6 Å². The number of hydrogen-bond donors (Lipinski definition) is 0. The molecule has 0 unspecified atom stereocenters. The maximum Gasteiger partial charge on any atom is 0.416 e. The fourth-order valence-electron chi connectivity index (χ4n) is 4.56. The van der Waals surface area contributed by atoms with Gasteiger partial charge in [-0.05, 0) is 52.9 Å². The molecule has 0 bridgehead atoms. The van der Waals surface area contributed by atoms with E-state index in [-0.39, 0.29) is 0 Å². The monoisotopic (exact) mass is 545 g/mol. The van der Waals surface area contributed by atoms with E-state index in [4.69, 9.17) is 0 Å². The van der Waals surface area contributed by atoms with E-state index in [1.54, 1.807) is 29.1 Å². The molecular weight excluding hydrogens is 516 g/mol. The largest absolute Gasteiger partial charge is 0.416 e. The molecule has 0 saturated carbocycles. The molecule has 206 valence electrons. The molecule has 3 nitrogen and oxygen atoms in total. The third-order valence-electron chi connectivity index (χ3n) is 6.65. The lowest BCUT2D eigenvalue weighted by Crippen LogP contribution is -2.04. The van der Waals surface area contributed by atoms with Crippen LogP contribution in [0.5, 0.6) is 0 Å². The summed E-state index contributed by atoms with van der Waals surface area (Å²) in [6, 6.07) is 14.9. The Kier molecular flexibility index (Phi) is 8.77. The molecule has 0 aliphatic rings. The number of halogens is 6. The number of aryl methyl sites for hydroxylation is 1. The van der Waals surface area contributed by atoms with E-state index in [9.17, 15) is 26.3 Å². The second-order valence-corrected chi connectivity index (χ2v) is 9.51. The van der Waals surface area contributed by atoms with Gasteiger partial charge in [0.2, 0.25) is 0 Å². The highest BCUT2D eigenvalue weighted by atomic mass is 19.4. The van der Waals surface area contributed by atoms with Gasteiger partial charge in [0.15, 0.2) is 0 Å². The van der Waals surface area contributed by atoms with Crippen molar-refractivity contribution in [2.45, 2.75) is 64.3 Å². The standard InChI is InChI=1S/C30H29F6N3/c1-2-3-4-5-6-7-19-39-20-27(37-38-39)28-25(21-11-15-23(16-12-21)29(31,32)33)9-8-10-26(28)22-13-17-24(18-14-22)30(34,35)36/h8-18,20H,2-7,19H2,1H3. The molecule has 0 spiro atoms. The first-order valence-electron chi connectivity index (χ1n) is 13.0. The van der Waals surface area contributed by atoms with Crippen molar-refractivity contribution in [2.75, 3.05) is 0 Å². The molecule has 0 fully saturated rings. The van der Waals surface area contributed by atoms with Crippen LogP contribution < -0.4 is 0 Å². The van der Waals surface area contributed by atoms with Gasteiger partial charge in [-0.15, -0.1) is 5.10 Å². The minimum atomic E-state index is -4.47. The van der Waals surface area contributed by atoms with Crippen molar-refractivity contribution in [3.05, 3.63) is 84.1 Å². The molecular formula is C30H29F6N3. The minimum Gasteiger partial charge on any atom is -0.252 e. The molecule has 3 aromatic carbocycles. The van der Waals surface area contributed by atoms with E-state index in [0.29, 0.717) is 40.1 Å². The van der Waals surface area contributed by atoms with Crippen LogP contribution in [0.3, 0.4) is 0 Å². The summed E-state index contributed by atoms with van der Waals surface area (Å²) in [4.78, 5) is 0.